The number of carbonyl (C=O) groups excluding carboxylic acids is 1. The molecule has 5 heteroatoms. The zero-order valence-electron chi connectivity index (χ0n) is 11.6. The summed E-state index contributed by atoms with van der Waals surface area (Å²) in [7, 11) is 0. The fourth-order valence-electron chi connectivity index (χ4n) is 2.92. The average molecular weight is 290 g/mol. The van der Waals surface area contributed by atoms with Crippen molar-refractivity contribution in [2.75, 3.05) is 0 Å². The number of aromatic nitrogens is 2. The van der Waals surface area contributed by atoms with Crippen LogP contribution < -0.4 is 0 Å². The first-order valence-corrected chi connectivity index (χ1v) is 7.19. The lowest BCUT2D eigenvalue weighted by Crippen LogP contribution is -2.13. The molecule has 0 spiro atoms. The highest BCUT2D eigenvalue weighted by molar-refractivity contribution is 5.85. The molecule has 0 saturated heterocycles. The molecular formula is C16H16F2N2O. The number of hydrogen-bond acceptors (Lipinski definition) is 2. The van der Waals surface area contributed by atoms with E-state index in [9.17, 15) is 13.6 Å². The van der Waals surface area contributed by atoms with Gasteiger partial charge in [-0.2, -0.15) is 5.10 Å². The molecule has 1 aliphatic rings. The number of benzene rings is 1. The number of hydrogen-bond donors (Lipinski definition) is 0. The van der Waals surface area contributed by atoms with E-state index in [1.54, 1.807) is 10.9 Å². The van der Waals surface area contributed by atoms with Gasteiger partial charge >= 0.3 is 0 Å². The summed E-state index contributed by atoms with van der Waals surface area (Å²) in [5.74, 6) is -1.90. The van der Waals surface area contributed by atoms with Gasteiger partial charge in [-0.05, 0) is 25.0 Å². The van der Waals surface area contributed by atoms with E-state index in [1.165, 1.54) is 18.6 Å². The van der Waals surface area contributed by atoms with E-state index in [1.807, 2.05) is 0 Å². The Balaban J connectivity index is 2.03. The molecule has 0 aliphatic heterocycles. The van der Waals surface area contributed by atoms with Gasteiger partial charge in [0.1, 0.15) is 5.69 Å². The molecule has 110 valence electrons. The minimum absolute atomic E-state index is 0.0339. The third-order valence-corrected chi connectivity index (χ3v) is 4.04. The Hall–Kier alpha value is -2.04. The number of halogens is 2. The summed E-state index contributed by atoms with van der Waals surface area (Å²) in [6, 6.07) is 4.15. The molecule has 0 bridgehead atoms. The van der Waals surface area contributed by atoms with Crippen LogP contribution in [0.1, 0.15) is 48.5 Å². The molecule has 0 unspecified atom stereocenters. The second kappa shape index (κ2) is 5.76. The molecule has 1 saturated carbocycles. The molecule has 3 rings (SSSR count). The van der Waals surface area contributed by atoms with Gasteiger partial charge in [0.05, 0.1) is 11.6 Å². The van der Waals surface area contributed by atoms with Crippen LogP contribution in [0.25, 0.3) is 11.3 Å². The van der Waals surface area contributed by atoms with E-state index in [4.69, 9.17) is 0 Å². The maximum atomic E-state index is 13.9. The molecule has 1 heterocycles. The highest BCUT2D eigenvalue weighted by Gasteiger charge is 2.21. The van der Waals surface area contributed by atoms with Gasteiger partial charge in [0.25, 0.3) is 0 Å². The zero-order chi connectivity index (χ0) is 14.8. The zero-order valence-corrected chi connectivity index (χ0v) is 11.6. The van der Waals surface area contributed by atoms with Crippen molar-refractivity contribution in [3.8, 4) is 11.3 Å². The maximum absolute atomic E-state index is 13.9. The first-order valence-electron chi connectivity index (χ1n) is 7.19. The lowest BCUT2D eigenvalue weighted by molar-refractivity contribution is 0.112. The van der Waals surface area contributed by atoms with Crippen molar-refractivity contribution in [2.24, 2.45) is 0 Å². The van der Waals surface area contributed by atoms with Gasteiger partial charge in [-0.1, -0.05) is 25.3 Å². The Kier molecular flexibility index (Phi) is 3.82. The van der Waals surface area contributed by atoms with Crippen molar-refractivity contribution >= 4 is 6.29 Å². The Morgan fingerprint density at radius 2 is 1.95 bits per heavy atom. The van der Waals surface area contributed by atoms with Crippen LogP contribution in [0.4, 0.5) is 8.78 Å². The molecule has 0 N–H and O–H groups in total. The SMILES string of the molecule is O=Cc1cn(C2CCCCC2)nc1-c1cccc(F)c1F. The van der Waals surface area contributed by atoms with E-state index in [-0.39, 0.29) is 17.3 Å². The van der Waals surface area contributed by atoms with Gasteiger partial charge in [0, 0.05) is 11.8 Å². The van der Waals surface area contributed by atoms with E-state index in [0.717, 1.165) is 31.7 Å². The van der Waals surface area contributed by atoms with Crippen molar-refractivity contribution in [3.63, 3.8) is 0 Å². The second-order valence-electron chi connectivity index (χ2n) is 5.42. The topological polar surface area (TPSA) is 34.9 Å². The van der Waals surface area contributed by atoms with Crippen LogP contribution in [0, 0.1) is 11.6 Å². The standard InChI is InChI=1S/C16H16F2N2O/c17-14-8-4-7-13(15(14)18)16-11(10-21)9-20(19-16)12-5-2-1-3-6-12/h4,7-10,12H,1-3,5-6H2. The van der Waals surface area contributed by atoms with Crippen LogP contribution in [0.2, 0.25) is 0 Å². The monoisotopic (exact) mass is 290 g/mol. The van der Waals surface area contributed by atoms with Gasteiger partial charge in [-0.25, -0.2) is 8.78 Å². The van der Waals surface area contributed by atoms with Crippen molar-refractivity contribution in [3.05, 3.63) is 41.6 Å². The summed E-state index contributed by atoms with van der Waals surface area (Å²) in [4.78, 5) is 11.2. The fraction of sp³-hybridized carbons (Fsp3) is 0.375. The summed E-state index contributed by atoms with van der Waals surface area (Å²) in [5, 5.41) is 4.36. The summed E-state index contributed by atoms with van der Waals surface area (Å²) >= 11 is 0. The first-order chi connectivity index (χ1) is 10.2. The molecule has 0 atom stereocenters. The van der Waals surface area contributed by atoms with E-state index in [0.29, 0.717) is 11.8 Å². The number of aldehydes is 1. The van der Waals surface area contributed by atoms with Crippen LogP contribution in [-0.4, -0.2) is 16.1 Å². The quantitative estimate of drug-likeness (QED) is 0.796. The van der Waals surface area contributed by atoms with Crippen LogP contribution in [0.3, 0.4) is 0 Å². The van der Waals surface area contributed by atoms with Gasteiger partial charge in [0.15, 0.2) is 17.9 Å². The summed E-state index contributed by atoms with van der Waals surface area (Å²) in [6.07, 6.45) is 7.77. The van der Waals surface area contributed by atoms with Crippen molar-refractivity contribution < 1.29 is 13.6 Å². The van der Waals surface area contributed by atoms with Gasteiger partial charge < -0.3 is 0 Å². The highest BCUT2D eigenvalue weighted by Crippen LogP contribution is 2.31. The molecule has 21 heavy (non-hydrogen) atoms. The molecule has 2 aromatic rings. The predicted molar refractivity (Wildman–Crippen MR) is 75.1 cm³/mol. The van der Waals surface area contributed by atoms with Gasteiger partial charge in [0.2, 0.25) is 0 Å². The summed E-state index contributed by atoms with van der Waals surface area (Å²) < 4.78 is 29.0. The first kappa shape index (κ1) is 13.9. The number of rotatable bonds is 3. The molecular weight excluding hydrogens is 274 g/mol. The number of carbonyl (C=O) groups is 1. The molecule has 0 radical (unpaired) electrons. The fourth-order valence-corrected chi connectivity index (χ4v) is 2.92. The Morgan fingerprint density at radius 3 is 2.67 bits per heavy atom. The third kappa shape index (κ3) is 2.60. The molecule has 3 nitrogen and oxygen atoms in total. The Bertz CT molecular complexity index is 660. The normalized spacial score (nSPS) is 16.1. The average Bonchev–Trinajstić information content (AvgIpc) is 2.95. The lowest BCUT2D eigenvalue weighted by atomic mass is 9.96. The maximum Gasteiger partial charge on any atom is 0.168 e. The molecule has 0 amide bonds. The minimum Gasteiger partial charge on any atom is -0.298 e. The third-order valence-electron chi connectivity index (χ3n) is 4.04. The molecule has 1 aromatic carbocycles. The summed E-state index contributed by atoms with van der Waals surface area (Å²) in [6.45, 7) is 0. The van der Waals surface area contributed by atoms with Crippen LogP contribution in [0.15, 0.2) is 24.4 Å². The highest BCUT2D eigenvalue weighted by atomic mass is 19.2. The largest absolute Gasteiger partial charge is 0.298 e. The van der Waals surface area contributed by atoms with E-state index < -0.39 is 11.6 Å². The van der Waals surface area contributed by atoms with Crippen molar-refractivity contribution in [2.45, 2.75) is 38.1 Å². The number of nitrogens with zero attached hydrogens (tertiary/aromatic N) is 2. The molecule has 1 fully saturated rings. The van der Waals surface area contributed by atoms with Crippen molar-refractivity contribution in [1.82, 2.24) is 9.78 Å². The van der Waals surface area contributed by atoms with Gasteiger partial charge in [-0.3, -0.25) is 9.48 Å². The second-order valence-corrected chi connectivity index (χ2v) is 5.42. The van der Waals surface area contributed by atoms with Crippen molar-refractivity contribution in [1.29, 1.82) is 0 Å². The molecule has 1 aromatic heterocycles. The summed E-state index contributed by atoms with van der Waals surface area (Å²) in [5.41, 5.74) is 0.546. The van der Waals surface area contributed by atoms with E-state index in [2.05, 4.69) is 5.10 Å². The molecule has 1 aliphatic carbocycles. The minimum atomic E-state index is -0.963. The Morgan fingerprint density at radius 1 is 1.19 bits per heavy atom. The van der Waals surface area contributed by atoms with Gasteiger partial charge in [-0.15, -0.1) is 0 Å². The Labute approximate surface area is 121 Å². The van der Waals surface area contributed by atoms with Crippen LogP contribution >= 0.6 is 0 Å². The van der Waals surface area contributed by atoms with Crippen LogP contribution in [-0.2, 0) is 0 Å². The van der Waals surface area contributed by atoms with E-state index >= 15 is 0 Å². The predicted octanol–water partition coefficient (Wildman–Crippen LogP) is 4.15. The van der Waals surface area contributed by atoms with Crippen LogP contribution in [0.5, 0.6) is 0 Å². The lowest BCUT2D eigenvalue weighted by Gasteiger charge is -2.21. The smallest absolute Gasteiger partial charge is 0.168 e.